The maximum Gasteiger partial charge on any atom is 0.223 e. The summed E-state index contributed by atoms with van der Waals surface area (Å²) >= 11 is 0. The van der Waals surface area contributed by atoms with E-state index >= 15 is 0 Å². The molecule has 33 heavy (non-hydrogen) atoms. The van der Waals surface area contributed by atoms with Crippen LogP contribution in [0, 0.1) is 5.82 Å². The monoisotopic (exact) mass is 442 g/mol. The van der Waals surface area contributed by atoms with Gasteiger partial charge in [-0.25, -0.2) is 4.39 Å². The van der Waals surface area contributed by atoms with Crippen molar-refractivity contribution in [2.45, 2.75) is 18.9 Å². The maximum absolute atomic E-state index is 13.7. The van der Waals surface area contributed by atoms with Gasteiger partial charge >= 0.3 is 0 Å². The first-order chi connectivity index (χ1) is 16.2. The van der Waals surface area contributed by atoms with Crippen LogP contribution < -0.4 is 0 Å². The molecule has 0 aliphatic carbocycles. The van der Waals surface area contributed by atoms with E-state index in [2.05, 4.69) is 35.0 Å². The molecular formula is C28H27FN2O2. The number of para-hydroxylation sites is 1. The van der Waals surface area contributed by atoms with E-state index in [9.17, 15) is 9.18 Å². The van der Waals surface area contributed by atoms with E-state index in [1.165, 1.54) is 17.7 Å². The van der Waals surface area contributed by atoms with E-state index in [-0.39, 0.29) is 17.6 Å². The molecule has 168 valence electrons. The van der Waals surface area contributed by atoms with Crippen molar-refractivity contribution in [3.05, 3.63) is 108 Å². The smallest absolute Gasteiger partial charge is 0.223 e. The summed E-state index contributed by atoms with van der Waals surface area (Å²) in [7, 11) is 0. The van der Waals surface area contributed by atoms with Crippen molar-refractivity contribution in [2.24, 2.45) is 0 Å². The highest BCUT2D eigenvalue weighted by Gasteiger charge is 2.26. The molecule has 1 aromatic heterocycles. The summed E-state index contributed by atoms with van der Waals surface area (Å²) in [6, 6.07) is 25.2. The Balaban J connectivity index is 1.56. The first-order valence-corrected chi connectivity index (χ1v) is 11.4. The van der Waals surface area contributed by atoms with Crippen LogP contribution in [-0.2, 0) is 16.1 Å². The summed E-state index contributed by atoms with van der Waals surface area (Å²) in [5, 5.41) is 1.12. The van der Waals surface area contributed by atoms with Gasteiger partial charge in [0, 0.05) is 49.1 Å². The third-order valence-electron chi connectivity index (χ3n) is 6.41. The van der Waals surface area contributed by atoms with Gasteiger partial charge in [0.15, 0.2) is 0 Å². The number of benzene rings is 3. The second kappa shape index (κ2) is 9.59. The van der Waals surface area contributed by atoms with Crippen LogP contribution in [0.4, 0.5) is 4.39 Å². The molecular weight excluding hydrogens is 415 g/mol. The van der Waals surface area contributed by atoms with Gasteiger partial charge in [-0.3, -0.25) is 4.79 Å². The van der Waals surface area contributed by atoms with Gasteiger partial charge in [-0.15, -0.1) is 0 Å². The zero-order valence-electron chi connectivity index (χ0n) is 18.5. The van der Waals surface area contributed by atoms with E-state index in [4.69, 9.17) is 4.74 Å². The molecule has 1 unspecified atom stereocenters. The highest BCUT2D eigenvalue weighted by atomic mass is 19.1. The fourth-order valence-corrected chi connectivity index (χ4v) is 4.68. The molecule has 0 radical (unpaired) electrons. The summed E-state index contributed by atoms with van der Waals surface area (Å²) in [6.07, 6.45) is 2.50. The average molecular weight is 443 g/mol. The van der Waals surface area contributed by atoms with Gasteiger partial charge in [0.05, 0.1) is 13.2 Å². The normalized spacial score (nSPS) is 15.0. The van der Waals surface area contributed by atoms with E-state index in [0.717, 1.165) is 28.6 Å². The number of hydrogen-bond donors (Lipinski definition) is 0. The number of morpholine rings is 1. The van der Waals surface area contributed by atoms with Gasteiger partial charge in [0.1, 0.15) is 5.82 Å². The lowest BCUT2D eigenvalue weighted by Crippen LogP contribution is -2.41. The van der Waals surface area contributed by atoms with Crippen LogP contribution in [0.15, 0.2) is 85.1 Å². The minimum Gasteiger partial charge on any atom is -0.378 e. The Morgan fingerprint density at radius 1 is 0.909 bits per heavy atom. The number of carbonyl (C=O) groups is 1. The molecule has 1 saturated heterocycles. The molecule has 0 bridgehead atoms. The van der Waals surface area contributed by atoms with Crippen molar-refractivity contribution in [1.29, 1.82) is 0 Å². The van der Waals surface area contributed by atoms with Crippen LogP contribution in [0.25, 0.3) is 10.9 Å². The summed E-state index contributed by atoms with van der Waals surface area (Å²) in [6.45, 7) is 3.12. The standard InChI is InChI=1S/C28H27FN2O2/c29-23-12-10-22(11-13-23)25(18-28(32)30-14-16-33-17-15-30)26-20-31(19-21-6-2-1-3-7-21)27-9-5-4-8-24(26)27/h1-13,20,25H,14-19H2. The van der Waals surface area contributed by atoms with E-state index < -0.39 is 0 Å². The van der Waals surface area contributed by atoms with Crippen molar-refractivity contribution >= 4 is 16.8 Å². The number of carbonyl (C=O) groups excluding carboxylic acids is 1. The molecule has 0 N–H and O–H groups in total. The first-order valence-electron chi connectivity index (χ1n) is 11.4. The van der Waals surface area contributed by atoms with Crippen molar-refractivity contribution in [3.63, 3.8) is 0 Å². The molecule has 5 rings (SSSR count). The number of halogens is 1. The van der Waals surface area contributed by atoms with Crippen LogP contribution in [0.5, 0.6) is 0 Å². The molecule has 1 aliphatic heterocycles. The van der Waals surface area contributed by atoms with Gasteiger partial charge < -0.3 is 14.2 Å². The topological polar surface area (TPSA) is 34.5 Å². The highest BCUT2D eigenvalue weighted by Crippen LogP contribution is 2.35. The predicted octanol–water partition coefficient (Wildman–Crippen LogP) is 5.21. The van der Waals surface area contributed by atoms with Crippen LogP contribution in [0.1, 0.15) is 29.0 Å². The van der Waals surface area contributed by atoms with Crippen molar-refractivity contribution in [2.75, 3.05) is 26.3 Å². The summed E-state index contributed by atoms with van der Waals surface area (Å²) in [4.78, 5) is 15.1. The minimum absolute atomic E-state index is 0.104. The van der Waals surface area contributed by atoms with Crippen LogP contribution in [-0.4, -0.2) is 41.7 Å². The first kappa shape index (κ1) is 21.4. The van der Waals surface area contributed by atoms with E-state index in [0.29, 0.717) is 32.7 Å². The Labute approximate surface area is 193 Å². The fraction of sp³-hybridized carbons (Fsp3) is 0.250. The van der Waals surface area contributed by atoms with E-state index in [1.807, 2.05) is 35.2 Å². The molecule has 5 heteroatoms. The van der Waals surface area contributed by atoms with Gasteiger partial charge in [-0.05, 0) is 34.9 Å². The molecule has 2 heterocycles. The quantitative estimate of drug-likeness (QED) is 0.411. The molecule has 4 aromatic rings. The molecule has 0 spiro atoms. The lowest BCUT2D eigenvalue weighted by Gasteiger charge is -2.28. The third-order valence-corrected chi connectivity index (χ3v) is 6.41. The third kappa shape index (κ3) is 4.69. The number of fused-ring (bicyclic) bond motifs is 1. The Bertz CT molecular complexity index is 1230. The highest BCUT2D eigenvalue weighted by molar-refractivity contribution is 5.87. The number of rotatable bonds is 6. The summed E-state index contributed by atoms with van der Waals surface area (Å²) < 4.78 is 21.4. The molecule has 3 aromatic carbocycles. The van der Waals surface area contributed by atoms with Crippen molar-refractivity contribution in [3.8, 4) is 0 Å². The van der Waals surface area contributed by atoms with Crippen LogP contribution >= 0.6 is 0 Å². The molecule has 1 aliphatic rings. The van der Waals surface area contributed by atoms with Crippen LogP contribution in [0.2, 0.25) is 0 Å². The van der Waals surface area contributed by atoms with Crippen molar-refractivity contribution in [1.82, 2.24) is 9.47 Å². The van der Waals surface area contributed by atoms with Gasteiger partial charge in [-0.2, -0.15) is 0 Å². The number of hydrogen-bond acceptors (Lipinski definition) is 2. The molecule has 4 nitrogen and oxygen atoms in total. The van der Waals surface area contributed by atoms with Gasteiger partial charge in [0.2, 0.25) is 5.91 Å². The summed E-state index contributed by atoms with van der Waals surface area (Å²) in [5.41, 5.74) is 4.38. The molecule has 1 fully saturated rings. The van der Waals surface area contributed by atoms with Gasteiger partial charge in [-0.1, -0.05) is 60.7 Å². The zero-order valence-corrected chi connectivity index (χ0v) is 18.5. The lowest BCUT2D eigenvalue weighted by atomic mass is 9.87. The average Bonchev–Trinajstić information content (AvgIpc) is 3.22. The Kier molecular flexibility index (Phi) is 6.22. The molecule has 1 atom stereocenters. The number of nitrogens with zero attached hydrogens (tertiary/aromatic N) is 2. The second-order valence-corrected chi connectivity index (χ2v) is 8.52. The largest absolute Gasteiger partial charge is 0.378 e. The number of aromatic nitrogens is 1. The second-order valence-electron chi connectivity index (χ2n) is 8.52. The Hall–Kier alpha value is -3.44. The Morgan fingerprint density at radius 3 is 2.36 bits per heavy atom. The minimum atomic E-state index is -0.275. The van der Waals surface area contributed by atoms with E-state index in [1.54, 1.807) is 12.1 Å². The van der Waals surface area contributed by atoms with Gasteiger partial charge in [0.25, 0.3) is 0 Å². The lowest BCUT2D eigenvalue weighted by molar-refractivity contribution is -0.135. The number of ether oxygens (including phenoxy) is 1. The fourth-order valence-electron chi connectivity index (χ4n) is 4.68. The maximum atomic E-state index is 13.7. The zero-order chi connectivity index (χ0) is 22.6. The van der Waals surface area contributed by atoms with Crippen LogP contribution in [0.3, 0.4) is 0 Å². The number of amides is 1. The van der Waals surface area contributed by atoms with Crippen molar-refractivity contribution < 1.29 is 13.9 Å². The molecule has 0 saturated carbocycles. The summed E-state index contributed by atoms with van der Waals surface area (Å²) in [5.74, 6) is -0.334. The molecule has 1 amide bonds. The predicted molar refractivity (Wildman–Crippen MR) is 128 cm³/mol. The SMILES string of the molecule is O=C(CC(c1ccc(F)cc1)c1cn(Cc2ccccc2)c2ccccc12)N1CCOCC1. The Morgan fingerprint density at radius 2 is 1.61 bits per heavy atom.